The second kappa shape index (κ2) is 4.67. The van der Waals surface area contributed by atoms with Crippen LogP contribution in [-0.2, 0) is 5.60 Å². The van der Waals surface area contributed by atoms with E-state index in [9.17, 15) is 10.2 Å². The summed E-state index contributed by atoms with van der Waals surface area (Å²) in [5.74, 6) is 0. The predicted octanol–water partition coefficient (Wildman–Crippen LogP) is 2.49. The van der Waals surface area contributed by atoms with Crippen LogP contribution in [0.4, 0.5) is 5.69 Å². The Morgan fingerprint density at radius 3 is 2.24 bits per heavy atom. The van der Waals surface area contributed by atoms with E-state index in [-0.39, 0.29) is 0 Å². The maximum absolute atomic E-state index is 10.3. The minimum atomic E-state index is -1.20. The van der Waals surface area contributed by atoms with Crippen molar-refractivity contribution in [2.75, 3.05) is 5.32 Å². The van der Waals surface area contributed by atoms with Crippen molar-refractivity contribution >= 4 is 5.69 Å². The van der Waals surface area contributed by atoms with Crippen LogP contribution in [0.15, 0.2) is 24.3 Å². The molecule has 3 heteroatoms. The number of anilines is 1. The van der Waals surface area contributed by atoms with Crippen molar-refractivity contribution in [3.63, 3.8) is 0 Å². The lowest BCUT2D eigenvalue weighted by molar-refractivity contribution is -0.0954. The molecule has 0 aliphatic carbocycles. The topological polar surface area (TPSA) is 52.5 Å². The summed E-state index contributed by atoms with van der Waals surface area (Å²) in [4.78, 5) is 0. The van der Waals surface area contributed by atoms with Gasteiger partial charge in [-0.1, -0.05) is 32.0 Å². The van der Waals surface area contributed by atoms with E-state index in [1.54, 1.807) is 6.92 Å². The van der Waals surface area contributed by atoms with Gasteiger partial charge in [0.2, 0.25) is 0 Å². The second-order valence-corrected chi connectivity index (χ2v) is 4.94. The van der Waals surface area contributed by atoms with Crippen LogP contribution in [0.25, 0.3) is 0 Å². The summed E-state index contributed by atoms with van der Waals surface area (Å²) in [6.45, 7) is 9.41. The van der Waals surface area contributed by atoms with Crippen LogP contribution < -0.4 is 5.32 Å². The molecule has 0 saturated carbocycles. The first kappa shape index (κ1) is 14.0. The number of hydrogen-bond acceptors (Lipinski definition) is 3. The number of nitrogens with one attached hydrogen (secondary N) is 1. The molecule has 0 saturated heterocycles. The SMILES string of the molecule is CC.CC1(C)Nc2ccccc2C(C)(O)C1O. The number of rotatable bonds is 0. The molecule has 2 unspecified atom stereocenters. The van der Waals surface area contributed by atoms with Crippen molar-refractivity contribution in [2.45, 2.75) is 51.9 Å². The van der Waals surface area contributed by atoms with Crippen LogP contribution in [0.2, 0.25) is 0 Å². The zero-order valence-corrected chi connectivity index (χ0v) is 11.3. The van der Waals surface area contributed by atoms with Crippen LogP contribution in [0.5, 0.6) is 0 Å². The second-order valence-electron chi connectivity index (χ2n) is 4.94. The molecule has 3 N–H and O–H groups in total. The molecule has 1 aliphatic rings. The van der Waals surface area contributed by atoms with Gasteiger partial charge in [-0.3, -0.25) is 0 Å². The van der Waals surface area contributed by atoms with Crippen LogP contribution in [0.1, 0.15) is 40.2 Å². The first-order chi connectivity index (χ1) is 7.86. The van der Waals surface area contributed by atoms with Gasteiger partial charge in [0.25, 0.3) is 0 Å². The van der Waals surface area contributed by atoms with E-state index < -0.39 is 17.2 Å². The zero-order valence-electron chi connectivity index (χ0n) is 11.3. The van der Waals surface area contributed by atoms with Gasteiger partial charge in [0, 0.05) is 11.3 Å². The van der Waals surface area contributed by atoms with Gasteiger partial charge in [0.1, 0.15) is 11.7 Å². The van der Waals surface area contributed by atoms with Gasteiger partial charge >= 0.3 is 0 Å². The van der Waals surface area contributed by atoms with Gasteiger partial charge in [0.05, 0.1) is 5.54 Å². The smallest absolute Gasteiger partial charge is 0.117 e. The Bertz CT molecular complexity index is 386. The molecule has 0 fully saturated rings. The molecule has 1 heterocycles. The van der Waals surface area contributed by atoms with Gasteiger partial charge in [-0.25, -0.2) is 0 Å². The number of para-hydroxylation sites is 1. The van der Waals surface area contributed by atoms with E-state index in [1.807, 2.05) is 52.0 Å². The van der Waals surface area contributed by atoms with Crippen molar-refractivity contribution in [3.8, 4) is 0 Å². The summed E-state index contributed by atoms with van der Waals surface area (Å²) < 4.78 is 0. The number of aliphatic hydroxyl groups is 2. The summed E-state index contributed by atoms with van der Waals surface area (Å²) in [5, 5.41) is 23.7. The highest BCUT2D eigenvalue weighted by Crippen LogP contribution is 2.41. The van der Waals surface area contributed by atoms with Crippen molar-refractivity contribution in [1.82, 2.24) is 0 Å². The number of fused-ring (bicyclic) bond motifs is 1. The fraction of sp³-hybridized carbons (Fsp3) is 0.571. The molecule has 0 bridgehead atoms. The lowest BCUT2D eigenvalue weighted by Crippen LogP contribution is -2.58. The lowest BCUT2D eigenvalue weighted by atomic mass is 9.76. The Morgan fingerprint density at radius 1 is 1.12 bits per heavy atom. The van der Waals surface area contributed by atoms with Crippen LogP contribution in [0.3, 0.4) is 0 Å². The number of hydrogen-bond donors (Lipinski definition) is 3. The van der Waals surface area contributed by atoms with Gasteiger partial charge in [-0.05, 0) is 26.8 Å². The predicted molar refractivity (Wildman–Crippen MR) is 71.1 cm³/mol. The Hall–Kier alpha value is -1.06. The van der Waals surface area contributed by atoms with Gasteiger partial charge in [-0.15, -0.1) is 0 Å². The fourth-order valence-electron chi connectivity index (χ4n) is 2.30. The standard InChI is InChI=1S/C12H17NO2.C2H6/c1-11(2)10(14)12(3,15)8-6-4-5-7-9(8)13-11;1-2/h4-7,10,13-15H,1-3H3;1-2H3. The fourth-order valence-corrected chi connectivity index (χ4v) is 2.30. The van der Waals surface area contributed by atoms with E-state index in [0.29, 0.717) is 0 Å². The highest BCUT2D eigenvalue weighted by atomic mass is 16.3. The third-order valence-corrected chi connectivity index (χ3v) is 3.15. The van der Waals surface area contributed by atoms with Crippen molar-refractivity contribution < 1.29 is 10.2 Å². The monoisotopic (exact) mass is 237 g/mol. The van der Waals surface area contributed by atoms with Gasteiger partial charge in [0.15, 0.2) is 0 Å². The minimum Gasteiger partial charge on any atom is -0.387 e. The summed E-state index contributed by atoms with van der Waals surface area (Å²) in [5.41, 5.74) is -0.0990. The molecule has 17 heavy (non-hydrogen) atoms. The Labute approximate surface area is 103 Å². The molecule has 96 valence electrons. The maximum Gasteiger partial charge on any atom is 0.117 e. The largest absolute Gasteiger partial charge is 0.387 e. The molecule has 3 nitrogen and oxygen atoms in total. The number of benzene rings is 1. The average Bonchev–Trinajstić information content (AvgIpc) is 2.29. The van der Waals surface area contributed by atoms with Crippen LogP contribution >= 0.6 is 0 Å². The summed E-state index contributed by atoms with van der Waals surface area (Å²) >= 11 is 0. The summed E-state index contributed by atoms with van der Waals surface area (Å²) in [6.07, 6.45) is -0.833. The molecule has 2 atom stereocenters. The van der Waals surface area contributed by atoms with Gasteiger partial charge < -0.3 is 15.5 Å². The van der Waals surface area contributed by atoms with E-state index in [1.165, 1.54) is 0 Å². The van der Waals surface area contributed by atoms with E-state index in [4.69, 9.17) is 0 Å². The molecule has 0 radical (unpaired) electrons. The molecule has 0 amide bonds. The third kappa shape index (κ3) is 2.31. The first-order valence-corrected chi connectivity index (χ1v) is 6.14. The Balaban J connectivity index is 0.000000686. The summed E-state index contributed by atoms with van der Waals surface area (Å²) in [6, 6.07) is 7.52. The molecule has 1 aromatic carbocycles. The Morgan fingerprint density at radius 2 is 1.65 bits per heavy atom. The van der Waals surface area contributed by atoms with Crippen molar-refractivity contribution in [3.05, 3.63) is 29.8 Å². The molecule has 0 spiro atoms. The highest BCUT2D eigenvalue weighted by Gasteiger charge is 2.47. The van der Waals surface area contributed by atoms with E-state index in [0.717, 1.165) is 11.3 Å². The van der Waals surface area contributed by atoms with Crippen LogP contribution in [0, 0.1) is 0 Å². The minimum absolute atomic E-state index is 0.530. The van der Waals surface area contributed by atoms with Crippen LogP contribution in [-0.4, -0.2) is 21.9 Å². The molecule has 1 aliphatic heterocycles. The van der Waals surface area contributed by atoms with E-state index in [2.05, 4.69) is 5.32 Å². The van der Waals surface area contributed by atoms with Gasteiger partial charge in [-0.2, -0.15) is 0 Å². The molecular formula is C14H23NO2. The quantitative estimate of drug-likeness (QED) is 0.650. The number of aliphatic hydroxyl groups excluding tert-OH is 1. The third-order valence-electron chi connectivity index (χ3n) is 3.15. The lowest BCUT2D eigenvalue weighted by Gasteiger charge is -2.46. The highest BCUT2D eigenvalue weighted by molar-refractivity contribution is 5.58. The van der Waals surface area contributed by atoms with E-state index >= 15 is 0 Å². The zero-order chi connectivity index (χ0) is 13.3. The maximum atomic E-state index is 10.3. The molecule has 2 rings (SSSR count). The molecular weight excluding hydrogens is 214 g/mol. The van der Waals surface area contributed by atoms with Crippen molar-refractivity contribution in [2.24, 2.45) is 0 Å². The molecule has 1 aromatic rings. The average molecular weight is 237 g/mol. The first-order valence-electron chi connectivity index (χ1n) is 6.14. The Kier molecular flexibility index (Phi) is 3.84. The normalized spacial score (nSPS) is 29.5. The van der Waals surface area contributed by atoms with Crippen molar-refractivity contribution in [1.29, 1.82) is 0 Å². The summed E-state index contributed by atoms with van der Waals surface area (Å²) in [7, 11) is 0. The molecule has 0 aromatic heterocycles.